The van der Waals surface area contributed by atoms with E-state index in [1.54, 1.807) is 11.1 Å². The second-order valence-corrected chi connectivity index (χ2v) is 5.63. The normalized spacial score (nSPS) is 12.1. The van der Waals surface area contributed by atoms with E-state index in [-0.39, 0.29) is 11.9 Å². The van der Waals surface area contributed by atoms with Gasteiger partial charge in [0.05, 0.1) is 12.2 Å². The molecule has 1 heterocycles. The predicted molar refractivity (Wildman–Crippen MR) is 84.2 cm³/mol. The molecule has 0 aliphatic rings. The van der Waals surface area contributed by atoms with Gasteiger partial charge in [0, 0.05) is 24.7 Å². The molecule has 5 heteroatoms. The number of rotatable bonds is 6. The Hall–Kier alpha value is -1.81. The third-order valence-corrected chi connectivity index (χ3v) is 3.99. The molecule has 112 valence electrons. The number of hydrogen-bond donors (Lipinski definition) is 1. The Morgan fingerprint density at radius 1 is 1.38 bits per heavy atom. The summed E-state index contributed by atoms with van der Waals surface area (Å²) >= 11 is 5.89. The topological polar surface area (TPSA) is 49.0 Å². The van der Waals surface area contributed by atoms with Gasteiger partial charge < -0.3 is 4.90 Å². The van der Waals surface area contributed by atoms with Gasteiger partial charge in [-0.05, 0) is 43.0 Å². The fourth-order valence-corrected chi connectivity index (χ4v) is 2.34. The van der Waals surface area contributed by atoms with Crippen molar-refractivity contribution in [3.8, 4) is 0 Å². The summed E-state index contributed by atoms with van der Waals surface area (Å²) in [6.07, 6.45) is 5.90. The van der Waals surface area contributed by atoms with Crippen molar-refractivity contribution in [1.82, 2.24) is 15.1 Å². The molecule has 1 aromatic carbocycles. The van der Waals surface area contributed by atoms with E-state index in [2.05, 4.69) is 10.2 Å². The molecule has 21 heavy (non-hydrogen) atoms. The maximum atomic E-state index is 12.2. The van der Waals surface area contributed by atoms with Crippen LogP contribution in [0.4, 0.5) is 0 Å². The van der Waals surface area contributed by atoms with Gasteiger partial charge >= 0.3 is 0 Å². The largest absolute Gasteiger partial charge is 0.339 e. The summed E-state index contributed by atoms with van der Waals surface area (Å²) in [4.78, 5) is 14.0. The Morgan fingerprint density at radius 2 is 2.10 bits per heavy atom. The molecule has 1 N–H and O–H groups in total. The number of carbonyl (C=O) groups is 1. The van der Waals surface area contributed by atoms with Gasteiger partial charge in [-0.25, -0.2) is 0 Å². The van der Waals surface area contributed by atoms with Crippen LogP contribution >= 0.6 is 11.6 Å². The van der Waals surface area contributed by atoms with E-state index >= 15 is 0 Å². The van der Waals surface area contributed by atoms with E-state index in [4.69, 9.17) is 11.6 Å². The van der Waals surface area contributed by atoms with Crippen LogP contribution in [0.25, 0.3) is 0 Å². The molecule has 0 aliphatic heterocycles. The van der Waals surface area contributed by atoms with Crippen molar-refractivity contribution in [2.45, 2.75) is 32.2 Å². The van der Waals surface area contributed by atoms with Crippen molar-refractivity contribution >= 4 is 17.5 Å². The van der Waals surface area contributed by atoms with E-state index in [0.717, 1.165) is 24.0 Å². The molecule has 0 saturated carbocycles. The van der Waals surface area contributed by atoms with Crippen LogP contribution in [0.2, 0.25) is 5.02 Å². The predicted octanol–water partition coefficient (Wildman–Crippen LogP) is 3.61. The van der Waals surface area contributed by atoms with Crippen LogP contribution in [0.1, 0.15) is 36.9 Å². The first-order valence-corrected chi connectivity index (χ1v) is 7.44. The van der Waals surface area contributed by atoms with Crippen LogP contribution in [-0.2, 0) is 11.2 Å². The van der Waals surface area contributed by atoms with Crippen molar-refractivity contribution in [3.05, 3.63) is 52.8 Å². The zero-order valence-corrected chi connectivity index (χ0v) is 13.1. The minimum atomic E-state index is 0.0451. The molecule has 4 nitrogen and oxygen atoms in total. The number of amides is 1. The smallest absolute Gasteiger partial charge is 0.222 e. The Bertz CT molecular complexity index is 566. The lowest BCUT2D eigenvalue weighted by Gasteiger charge is -2.25. The maximum Gasteiger partial charge on any atom is 0.222 e. The summed E-state index contributed by atoms with van der Waals surface area (Å²) in [6, 6.07) is 7.67. The van der Waals surface area contributed by atoms with Gasteiger partial charge in [0.2, 0.25) is 5.91 Å². The Morgan fingerprint density at radius 3 is 2.71 bits per heavy atom. The lowest BCUT2D eigenvalue weighted by molar-refractivity contribution is -0.131. The average molecular weight is 306 g/mol. The van der Waals surface area contributed by atoms with Crippen LogP contribution in [0.3, 0.4) is 0 Å². The maximum absolute atomic E-state index is 12.2. The van der Waals surface area contributed by atoms with Crippen molar-refractivity contribution < 1.29 is 4.79 Å². The summed E-state index contributed by atoms with van der Waals surface area (Å²) in [6.45, 7) is 2.03. The first-order chi connectivity index (χ1) is 10.1. The Kier molecular flexibility index (Phi) is 5.39. The quantitative estimate of drug-likeness (QED) is 0.886. The highest BCUT2D eigenvalue weighted by Crippen LogP contribution is 2.21. The van der Waals surface area contributed by atoms with Crippen molar-refractivity contribution in [2.24, 2.45) is 0 Å². The number of aromatic amines is 1. The Labute approximate surface area is 130 Å². The summed E-state index contributed by atoms with van der Waals surface area (Å²) in [7, 11) is 1.85. The molecule has 0 unspecified atom stereocenters. The summed E-state index contributed by atoms with van der Waals surface area (Å²) in [5, 5.41) is 7.39. The van der Waals surface area contributed by atoms with Crippen LogP contribution in [-0.4, -0.2) is 28.1 Å². The molecular formula is C16H20ClN3O. The fraction of sp³-hybridized carbons (Fsp3) is 0.375. The molecule has 2 rings (SSSR count). The first-order valence-electron chi connectivity index (χ1n) is 7.06. The summed E-state index contributed by atoms with van der Waals surface area (Å²) in [5.41, 5.74) is 2.22. The monoisotopic (exact) mass is 305 g/mol. The van der Waals surface area contributed by atoms with Crippen LogP contribution in [0, 0.1) is 0 Å². The lowest BCUT2D eigenvalue weighted by Crippen LogP contribution is -2.29. The fourth-order valence-electron chi connectivity index (χ4n) is 2.22. The first kappa shape index (κ1) is 15.6. The van der Waals surface area contributed by atoms with Gasteiger partial charge in [0.25, 0.3) is 0 Å². The highest BCUT2D eigenvalue weighted by molar-refractivity contribution is 6.30. The molecular weight excluding hydrogens is 286 g/mol. The van der Waals surface area contributed by atoms with E-state index in [9.17, 15) is 4.79 Å². The third-order valence-electron chi connectivity index (χ3n) is 3.74. The van der Waals surface area contributed by atoms with Gasteiger partial charge in [0.15, 0.2) is 0 Å². The molecule has 0 saturated heterocycles. The number of benzene rings is 1. The van der Waals surface area contributed by atoms with E-state index in [1.165, 1.54) is 0 Å². The number of aromatic nitrogens is 2. The SMILES string of the molecule is C[C@H](c1ccc(Cl)cc1)N(C)C(=O)CCCc1cn[nH]c1. The van der Waals surface area contributed by atoms with Crippen LogP contribution in [0.5, 0.6) is 0 Å². The number of H-pyrrole nitrogens is 1. The molecule has 0 radical (unpaired) electrons. The number of nitrogens with one attached hydrogen (secondary N) is 1. The van der Waals surface area contributed by atoms with Crippen molar-refractivity contribution in [3.63, 3.8) is 0 Å². The van der Waals surface area contributed by atoms with Gasteiger partial charge in [-0.2, -0.15) is 5.10 Å². The minimum absolute atomic E-state index is 0.0451. The van der Waals surface area contributed by atoms with Crippen molar-refractivity contribution in [1.29, 1.82) is 0 Å². The standard InChI is InChI=1S/C16H20ClN3O/c1-12(14-6-8-15(17)9-7-14)20(2)16(21)5-3-4-13-10-18-19-11-13/h6-12H,3-5H2,1-2H3,(H,18,19)/t12-/m1/s1. The zero-order valence-electron chi connectivity index (χ0n) is 12.3. The lowest BCUT2D eigenvalue weighted by atomic mass is 10.1. The molecule has 1 aromatic heterocycles. The van der Waals surface area contributed by atoms with Crippen LogP contribution in [0.15, 0.2) is 36.7 Å². The molecule has 0 aliphatic carbocycles. The summed E-state index contributed by atoms with van der Waals surface area (Å²) < 4.78 is 0. The molecule has 0 bridgehead atoms. The van der Waals surface area contributed by atoms with E-state index in [0.29, 0.717) is 11.4 Å². The van der Waals surface area contributed by atoms with E-state index in [1.807, 2.05) is 44.4 Å². The third kappa shape index (κ3) is 4.33. The van der Waals surface area contributed by atoms with Gasteiger partial charge in [-0.3, -0.25) is 9.89 Å². The van der Waals surface area contributed by atoms with Gasteiger partial charge in [0.1, 0.15) is 0 Å². The second kappa shape index (κ2) is 7.27. The highest BCUT2D eigenvalue weighted by atomic mass is 35.5. The number of aryl methyl sites for hydroxylation is 1. The number of carbonyl (C=O) groups excluding carboxylic acids is 1. The molecule has 0 spiro atoms. The van der Waals surface area contributed by atoms with E-state index < -0.39 is 0 Å². The molecule has 0 fully saturated rings. The van der Waals surface area contributed by atoms with Crippen molar-refractivity contribution in [2.75, 3.05) is 7.05 Å². The molecule has 2 aromatic rings. The molecule has 1 atom stereocenters. The number of halogens is 1. The second-order valence-electron chi connectivity index (χ2n) is 5.19. The zero-order chi connectivity index (χ0) is 15.2. The Balaban J connectivity index is 1.84. The van der Waals surface area contributed by atoms with Gasteiger partial charge in [-0.15, -0.1) is 0 Å². The minimum Gasteiger partial charge on any atom is -0.339 e. The average Bonchev–Trinajstić information content (AvgIpc) is 2.99. The number of hydrogen-bond acceptors (Lipinski definition) is 2. The highest BCUT2D eigenvalue weighted by Gasteiger charge is 2.16. The van der Waals surface area contributed by atoms with Gasteiger partial charge in [-0.1, -0.05) is 23.7 Å². The van der Waals surface area contributed by atoms with Crippen LogP contribution < -0.4 is 0 Å². The summed E-state index contributed by atoms with van der Waals surface area (Å²) in [5.74, 6) is 0.154. The molecule has 1 amide bonds. The number of nitrogens with zero attached hydrogens (tertiary/aromatic N) is 2.